The highest BCUT2D eigenvalue weighted by Gasteiger charge is 2.03. The number of aliphatic hydroxyl groups excluding tert-OH is 1. The second-order valence-electron chi connectivity index (χ2n) is 6.30. The maximum atomic E-state index is 10.9. The number of aliphatic hydroxyl groups is 2. The number of carbonyl (C=O) groups is 3. The second-order valence-corrected chi connectivity index (χ2v) is 6.30. The van der Waals surface area contributed by atoms with Crippen LogP contribution in [0.4, 0.5) is 0 Å². The van der Waals surface area contributed by atoms with Gasteiger partial charge in [-0.15, -0.1) is 6.58 Å². The monoisotopic (exact) mass is 420 g/mol. The van der Waals surface area contributed by atoms with Crippen molar-refractivity contribution in [3.63, 3.8) is 0 Å². The molecular weight excluding hydrogens is 372 g/mol. The predicted molar refractivity (Wildman–Crippen MR) is 122 cm³/mol. The molecule has 0 rings (SSSR count). The molecule has 176 valence electrons. The van der Waals surface area contributed by atoms with Crippen molar-refractivity contribution in [3.8, 4) is 0 Å². The van der Waals surface area contributed by atoms with E-state index in [9.17, 15) is 14.4 Å². The molecule has 0 saturated heterocycles. The largest absolute Gasteiger partial charge is 0.458 e. The van der Waals surface area contributed by atoms with E-state index in [1.54, 1.807) is 0 Å². The number of unbranched alkanes of at least 4 members (excludes halogenated alkanes) is 7. The lowest BCUT2D eigenvalue weighted by Crippen LogP contribution is -2.14. The fourth-order valence-corrected chi connectivity index (χ4v) is 1.67. The molecule has 0 aromatic rings. The van der Waals surface area contributed by atoms with Gasteiger partial charge < -0.3 is 14.9 Å². The van der Waals surface area contributed by atoms with Gasteiger partial charge in [0.15, 0.2) is 11.6 Å². The predicted octanol–water partition coefficient (Wildman–Crippen LogP) is 5.39. The molecule has 0 radical (unpaired) electrons. The summed E-state index contributed by atoms with van der Waals surface area (Å²) in [5.74, 6) is -0.997. The molecule has 2 N–H and O–H groups in total. The van der Waals surface area contributed by atoms with Crippen LogP contribution < -0.4 is 0 Å². The SMILES string of the molecule is C.C.C=CCCCCCC.CC(=O)C(O)O.CCCCCCC(=O)OCC(C)=O. The molecule has 0 aliphatic heterocycles. The molecule has 0 spiro atoms. The molecule has 0 saturated carbocycles. The van der Waals surface area contributed by atoms with E-state index < -0.39 is 12.1 Å². The lowest BCUT2D eigenvalue weighted by molar-refractivity contribution is -0.147. The topological polar surface area (TPSA) is 101 Å². The summed E-state index contributed by atoms with van der Waals surface area (Å²) in [6.07, 6.45) is 11.5. The van der Waals surface area contributed by atoms with Gasteiger partial charge in [0.2, 0.25) is 6.29 Å². The van der Waals surface area contributed by atoms with Gasteiger partial charge in [0.25, 0.3) is 0 Å². The Kier molecular flexibility index (Phi) is 41.0. The Hall–Kier alpha value is -1.53. The third kappa shape index (κ3) is 46.5. The molecule has 0 aromatic carbocycles. The third-order valence-corrected chi connectivity index (χ3v) is 3.30. The number of ketones is 2. The van der Waals surface area contributed by atoms with E-state index in [4.69, 9.17) is 14.9 Å². The first-order valence-corrected chi connectivity index (χ1v) is 9.85. The van der Waals surface area contributed by atoms with Crippen molar-refractivity contribution < 1.29 is 29.3 Å². The van der Waals surface area contributed by atoms with Gasteiger partial charge >= 0.3 is 5.97 Å². The van der Waals surface area contributed by atoms with E-state index in [1.807, 2.05) is 6.08 Å². The van der Waals surface area contributed by atoms with Crippen LogP contribution >= 0.6 is 0 Å². The van der Waals surface area contributed by atoms with Crippen molar-refractivity contribution in [3.05, 3.63) is 12.7 Å². The van der Waals surface area contributed by atoms with Crippen LogP contribution in [0, 0.1) is 0 Å². The summed E-state index contributed by atoms with van der Waals surface area (Å²) in [6, 6.07) is 0. The summed E-state index contributed by atoms with van der Waals surface area (Å²) >= 11 is 0. The maximum Gasteiger partial charge on any atom is 0.306 e. The van der Waals surface area contributed by atoms with Gasteiger partial charge in [-0.2, -0.15) is 0 Å². The highest BCUT2D eigenvalue weighted by Crippen LogP contribution is 2.03. The number of esters is 1. The normalized spacial score (nSPS) is 8.79. The summed E-state index contributed by atoms with van der Waals surface area (Å²) in [4.78, 5) is 31.0. The minimum Gasteiger partial charge on any atom is -0.458 e. The van der Waals surface area contributed by atoms with Gasteiger partial charge in [-0.25, -0.2) is 0 Å². The summed E-state index contributed by atoms with van der Waals surface area (Å²) < 4.78 is 4.70. The highest BCUT2D eigenvalue weighted by molar-refractivity contribution is 5.80. The van der Waals surface area contributed by atoms with Crippen molar-refractivity contribution in [2.45, 2.75) is 113 Å². The van der Waals surface area contributed by atoms with Gasteiger partial charge in [0.05, 0.1) is 0 Å². The molecule has 0 aliphatic carbocycles. The van der Waals surface area contributed by atoms with Gasteiger partial charge in [0.1, 0.15) is 6.61 Å². The van der Waals surface area contributed by atoms with E-state index >= 15 is 0 Å². The number of hydrogen-bond acceptors (Lipinski definition) is 6. The summed E-state index contributed by atoms with van der Waals surface area (Å²) in [5.41, 5.74) is 0. The third-order valence-electron chi connectivity index (χ3n) is 3.30. The van der Waals surface area contributed by atoms with E-state index in [0.29, 0.717) is 6.42 Å². The van der Waals surface area contributed by atoms with Crippen molar-refractivity contribution in [2.24, 2.45) is 0 Å². The Bertz CT molecular complexity index is 378. The quantitative estimate of drug-likeness (QED) is 0.179. The van der Waals surface area contributed by atoms with E-state index in [2.05, 4.69) is 20.4 Å². The Morgan fingerprint density at radius 3 is 1.69 bits per heavy atom. The van der Waals surface area contributed by atoms with Gasteiger partial charge in [-0.05, 0) is 33.1 Å². The fourth-order valence-electron chi connectivity index (χ4n) is 1.67. The maximum absolute atomic E-state index is 10.9. The van der Waals surface area contributed by atoms with Crippen LogP contribution in [0.1, 0.15) is 107 Å². The molecule has 29 heavy (non-hydrogen) atoms. The molecule has 0 fully saturated rings. The van der Waals surface area contributed by atoms with Crippen molar-refractivity contribution in [1.82, 2.24) is 0 Å². The summed E-state index contributed by atoms with van der Waals surface area (Å²) in [5, 5.41) is 15.7. The first kappa shape index (κ1) is 38.1. The number of rotatable bonds is 13. The molecule has 0 unspecified atom stereocenters. The summed E-state index contributed by atoms with van der Waals surface area (Å²) in [6.45, 7) is 10.4. The number of carbonyl (C=O) groups excluding carboxylic acids is 3. The number of ether oxygens (including phenoxy) is 1. The van der Waals surface area contributed by atoms with Crippen LogP contribution in [0.3, 0.4) is 0 Å². The molecule has 0 aliphatic rings. The molecule has 0 bridgehead atoms. The molecule has 0 heterocycles. The van der Waals surface area contributed by atoms with Gasteiger partial charge in [-0.3, -0.25) is 14.4 Å². The van der Waals surface area contributed by atoms with Gasteiger partial charge in [-0.1, -0.05) is 73.3 Å². The standard InChI is InChI=1S/C10H18O3.C8H16.C3H6O3.2CH4/c1-3-4-5-6-7-10(12)13-8-9(2)11;1-3-5-7-8-6-4-2;1-2(4)3(5)6;;/h3-8H2,1-2H3;3H,1,4-8H2,2H3;3,5-6H,1H3;2*1H4. The molecular formula is C23H48O6. The van der Waals surface area contributed by atoms with E-state index in [1.165, 1.54) is 39.0 Å². The van der Waals surface area contributed by atoms with Crippen LogP contribution in [0.25, 0.3) is 0 Å². The minimum absolute atomic E-state index is 0. The minimum atomic E-state index is -1.79. The second kappa shape index (κ2) is 31.2. The van der Waals surface area contributed by atoms with Crippen LogP contribution in [0.5, 0.6) is 0 Å². The van der Waals surface area contributed by atoms with Crippen LogP contribution in [0.15, 0.2) is 12.7 Å². The van der Waals surface area contributed by atoms with Crippen molar-refractivity contribution in [2.75, 3.05) is 6.61 Å². The molecule has 0 atom stereocenters. The van der Waals surface area contributed by atoms with E-state index in [-0.39, 0.29) is 33.2 Å². The lowest BCUT2D eigenvalue weighted by Gasteiger charge is -2.01. The fraction of sp³-hybridized carbons (Fsp3) is 0.783. The zero-order valence-electron chi connectivity index (χ0n) is 17.7. The highest BCUT2D eigenvalue weighted by atomic mass is 16.5. The first-order chi connectivity index (χ1) is 12.7. The molecule has 0 amide bonds. The number of allylic oxidation sites excluding steroid dienone is 1. The number of hydrogen-bond donors (Lipinski definition) is 2. The zero-order chi connectivity index (χ0) is 21.5. The average Bonchev–Trinajstić information content (AvgIpc) is 2.62. The average molecular weight is 421 g/mol. The Labute approximate surface area is 179 Å². The first-order valence-electron chi connectivity index (χ1n) is 9.85. The molecule has 6 nitrogen and oxygen atoms in total. The van der Waals surface area contributed by atoms with Crippen LogP contribution in [-0.2, 0) is 19.1 Å². The van der Waals surface area contributed by atoms with E-state index in [0.717, 1.165) is 32.6 Å². The van der Waals surface area contributed by atoms with Crippen LogP contribution in [0.2, 0.25) is 0 Å². The molecule has 0 aromatic heterocycles. The van der Waals surface area contributed by atoms with Gasteiger partial charge in [0, 0.05) is 6.42 Å². The Morgan fingerprint density at radius 1 is 0.897 bits per heavy atom. The van der Waals surface area contributed by atoms with Crippen molar-refractivity contribution in [1.29, 1.82) is 0 Å². The Morgan fingerprint density at radius 2 is 1.34 bits per heavy atom. The zero-order valence-corrected chi connectivity index (χ0v) is 17.7. The number of Topliss-reactive ketones (excluding diaryl/α,β-unsaturated/α-hetero) is 2. The smallest absolute Gasteiger partial charge is 0.306 e. The van der Waals surface area contributed by atoms with Crippen LogP contribution in [-0.4, -0.2) is 40.6 Å². The molecule has 6 heteroatoms. The summed E-state index contributed by atoms with van der Waals surface area (Å²) in [7, 11) is 0. The Balaban J connectivity index is -0.000000104. The lowest BCUT2D eigenvalue weighted by atomic mass is 10.2. The van der Waals surface area contributed by atoms with Crippen molar-refractivity contribution >= 4 is 17.5 Å².